The maximum absolute atomic E-state index is 12.9. The van der Waals surface area contributed by atoms with E-state index in [1.807, 2.05) is 37.3 Å². The zero-order valence-electron chi connectivity index (χ0n) is 19.2. The van der Waals surface area contributed by atoms with Crippen molar-refractivity contribution in [2.24, 2.45) is 0 Å². The van der Waals surface area contributed by atoms with Crippen LogP contribution in [0.25, 0.3) is 28.5 Å². The molecule has 6 rings (SSSR count). The van der Waals surface area contributed by atoms with Crippen LogP contribution in [0.15, 0.2) is 70.1 Å². The minimum absolute atomic E-state index is 0.181. The number of hydrogen-bond donors (Lipinski definition) is 1. The SMILES string of the molecule is Cc1cccc(-c2noc(-c3cccn4c(=O)n(CC(=O)NCc5ccc6c(c5)OCO6)nc34)n2)c1. The van der Waals surface area contributed by atoms with E-state index in [0.717, 1.165) is 21.4 Å². The van der Waals surface area contributed by atoms with Crippen LogP contribution in [-0.2, 0) is 17.9 Å². The lowest BCUT2D eigenvalue weighted by atomic mass is 10.1. The van der Waals surface area contributed by atoms with Crippen LogP contribution in [0.1, 0.15) is 11.1 Å². The van der Waals surface area contributed by atoms with Gasteiger partial charge in [0.15, 0.2) is 17.1 Å². The molecule has 2 aromatic carbocycles. The highest BCUT2D eigenvalue weighted by molar-refractivity contribution is 5.76. The smallest absolute Gasteiger partial charge is 0.350 e. The molecule has 3 aromatic heterocycles. The number of fused-ring (bicyclic) bond motifs is 2. The van der Waals surface area contributed by atoms with Crippen molar-refractivity contribution >= 4 is 11.6 Å². The third-order valence-corrected chi connectivity index (χ3v) is 5.76. The average molecular weight is 484 g/mol. The molecule has 1 N–H and O–H groups in total. The number of ether oxygens (including phenoxy) is 2. The fourth-order valence-corrected chi connectivity index (χ4v) is 3.99. The first-order valence-electron chi connectivity index (χ1n) is 11.2. The molecule has 0 bridgehead atoms. The second kappa shape index (κ2) is 8.69. The van der Waals surface area contributed by atoms with Crippen molar-refractivity contribution in [2.75, 3.05) is 6.79 Å². The van der Waals surface area contributed by atoms with Crippen molar-refractivity contribution in [3.05, 3.63) is 82.4 Å². The summed E-state index contributed by atoms with van der Waals surface area (Å²) in [6.45, 7) is 2.19. The first-order valence-corrected chi connectivity index (χ1v) is 11.2. The van der Waals surface area contributed by atoms with Crippen LogP contribution in [0.4, 0.5) is 0 Å². The number of pyridine rings is 1. The molecule has 1 aliphatic heterocycles. The maximum atomic E-state index is 12.9. The minimum Gasteiger partial charge on any atom is -0.454 e. The van der Waals surface area contributed by atoms with Crippen LogP contribution in [0.2, 0.25) is 0 Å². The molecule has 0 saturated heterocycles. The van der Waals surface area contributed by atoms with E-state index in [4.69, 9.17) is 14.0 Å². The number of nitrogens with zero attached hydrogens (tertiary/aromatic N) is 5. The van der Waals surface area contributed by atoms with Crippen LogP contribution >= 0.6 is 0 Å². The third kappa shape index (κ3) is 3.96. The number of rotatable bonds is 6. The number of benzene rings is 2. The molecule has 4 heterocycles. The van der Waals surface area contributed by atoms with Crippen LogP contribution in [0.3, 0.4) is 0 Å². The van der Waals surface area contributed by atoms with E-state index < -0.39 is 5.69 Å². The monoisotopic (exact) mass is 484 g/mol. The van der Waals surface area contributed by atoms with Gasteiger partial charge in [-0.1, -0.05) is 35.0 Å². The Labute approximate surface area is 203 Å². The molecule has 5 aromatic rings. The molecule has 0 aliphatic carbocycles. The summed E-state index contributed by atoms with van der Waals surface area (Å²) < 4.78 is 18.6. The Bertz CT molecular complexity index is 1670. The lowest BCUT2D eigenvalue weighted by Gasteiger charge is -2.06. The Morgan fingerprint density at radius 3 is 2.86 bits per heavy atom. The van der Waals surface area contributed by atoms with Gasteiger partial charge in [0.1, 0.15) is 6.54 Å². The topological polar surface area (TPSA) is 126 Å². The third-order valence-electron chi connectivity index (χ3n) is 5.76. The summed E-state index contributed by atoms with van der Waals surface area (Å²) in [6.07, 6.45) is 1.58. The van der Waals surface area contributed by atoms with Crippen molar-refractivity contribution < 1.29 is 18.8 Å². The molecule has 1 amide bonds. The van der Waals surface area contributed by atoms with Crippen LogP contribution in [0, 0.1) is 6.92 Å². The molecule has 11 nitrogen and oxygen atoms in total. The number of nitrogens with one attached hydrogen (secondary N) is 1. The highest BCUT2D eigenvalue weighted by atomic mass is 16.7. The molecule has 1 aliphatic rings. The van der Waals surface area contributed by atoms with Gasteiger partial charge in [-0.2, -0.15) is 4.98 Å². The zero-order valence-corrected chi connectivity index (χ0v) is 19.2. The minimum atomic E-state index is -0.455. The molecular formula is C25H20N6O5. The number of hydrogen-bond acceptors (Lipinski definition) is 8. The second-order valence-corrected chi connectivity index (χ2v) is 8.31. The number of aryl methyl sites for hydroxylation is 1. The van der Waals surface area contributed by atoms with E-state index in [9.17, 15) is 9.59 Å². The summed E-state index contributed by atoms with van der Waals surface area (Å²) in [5.41, 5.74) is 3.08. The highest BCUT2D eigenvalue weighted by Crippen LogP contribution is 2.32. The summed E-state index contributed by atoms with van der Waals surface area (Å²) in [7, 11) is 0. The van der Waals surface area contributed by atoms with E-state index in [-0.39, 0.29) is 31.7 Å². The molecule has 0 fully saturated rings. The number of amides is 1. The molecule has 0 saturated carbocycles. The molecule has 0 unspecified atom stereocenters. The van der Waals surface area contributed by atoms with Gasteiger partial charge in [-0.25, -0.2) is 13.9 Å². The van der Waals surface area contributed by atoms with Crippen molar-refractivity contribution in [1.82, 2.24) is 29.6 Å². The first-order chi connectivity index (χ1) is 17.5. The van der Waals surface area contributed by atoms with Gasteiger partial charge in [0.2, 0.25) is 18.5 Å². The van der Waals surface area contributed by atoms with Gasteiger partial charge in [0.25, 0.3) is 5.89 Å². The summed E-state index contributed by atoms with van der Waals surface area (Å²) in [5, 5.41) is 11.2. The van der Waals surface area contributed by atoms with E-state index in [2.05, 4.69) is 20.6 Å². The predicted molar refractivity (Wildman–Crippen MR) is 127 cm³/mol. The molecule has 0 radical (unpaired) electrons. The summed E-state index contributed by atoms with van der Waals surface area (Å²) in [4.78, 5) is 30.0. The molecule has 180 valence electrons. The van der Waals surface area contributed by atoms with E-state index in [1.165, 1.54) is 4.40 Å². The van der Waals surface area contributed by atoms with Crippen molar-refractivity contribution in [1.29, 1.82) is 0 Å². The van der Waals surface area contributed by atoms with Crippen LogP contribution in [-0.4, -0.2) is 37.0 Å². The fourth-order valence-electron chi connectivity index (χ4n) is 3.99. The zero-order chi connectivity index (χ0) is 24.6. The standard InChI is InChI=1S/C25H20N6O5/c1-15-4-2-5-17(10-15)22-27-24(36-29-22)18-6-3-9-30-23(18)28-31(25(30)33)13-21(32)26-12-16-7-8-19-20(11-16)35-14-34-19/h2-11H,12-14H2,1H3,(H,26,32). The van der Waals surface area contributed by atoms with Gasteiger partial charge in [0.05, 0.1) is 5.56 Å². The number of carbonyl (C=O) groups is 1. The van der Waals surface area contributed by atoms with Gasteiger partial charge >= 0.3 is 5.69 Å². The van der Waals surface area contributed by atoms with Crippen molar-refractivity contribution in [2.45, 2.75) is 20.0 Å². The molecule has 11 heteroatoms. The van der Waals surface area contributed by atoms with Gasteiger partial charge in [-0.05, 0) is 42.8 Å². The number of aromatic nitrogens is 5. The van der Waals surface area contributed by atoms with Crippen molar-refractivity contribution in [3.63, 3.8) is 0 Å². The van der Waals surface area contributed by atoms with Gasteiger partial charge in [0, 0.05) is 18.3 Å². The molecule has 0 spiro atoms. The Balaban J connectivity index is 1.22. The summed E-state index contributed by atoms with van der Waals surface area (Å²) in [5.74, 6) is 1.60. The largest absolute Gasteiger partial charge is 0.454 e. The Morgan fingerprint density at radius 1 is 1.08 bits per heavy atom. The summed E-state index contributed by atoms with van der Waals surface area (Å²) >= 11 is 0. The van der Waals surface area contributed by atoms with E-state index in [0.29, 0.717) is 28.5 Å². The van der Waals surface area contributed by atoms with E-state index >= 15 is 0 Å². The molecule has 0 atom stereocenters. The van der Waals surface area contributed by atoms with Gasteiger partial charge in [-0.15, -0.1) is 5.10 Å². The van der Waals surface area contributed by atoms with Crippen LogP contribution < -0.4 is 20.5 Å². The molecule has 36 heavy (non-hydrogen) atoms. The summed E-state index contributed by atoms with van der Waals surface area (Å²) in [6, 6.07) is 16.6. The maximum Gasteiger partial charge on any atom is 0.350 e. The van der Waals surface area contributed by atoms with Crippen LogP contribution in [0.5, 0.6) is 11.5 Å². The van der Waals surface area contributed by atoms with E-state index in [1.54, 1.807) is 30.5 Å². The first kappa shape index (κ1) is 21.6. The quantitative estimate of drug-likeness (QED) is 0.390. The highest BCUT2D eigenvalue weighted by Gasteiger charge is 2.19. The second-order valence-electron chi connectivity index (χ2n) is 8.31. The lowest BCUT2D eigenvalue weighted by molar-refractivity contribution is -0.122. The Morgan fingerprint density at radius 2 is 1.97 bits per heavy atom. The molecular weight excluding hydrogens is 464 g/mol. The normalized spacial score (nSPS) is 12.2. The number of carbonyl (C=O) groups excluding carboxylic acids is 1. The van der Waals surface area contributed by atoms with Gasteiger partial charge in [-0.3, -0.25) is 4.79 Å². The Hall–Kier alpha value is -4.93. The van der Waals surface area contributed by atoms with Gasteiger partial charge < -0.3 is 19.3 Å². The fraction of sp³-hybridized carbons (Fsp3) is 0.160. The Kier molecular flexibility index (Phi) is 5.21. The lowest BCUT2D eigenvalue weighted by Crippen LogP contribution is -2.32. The predicted octanol–water partition coefficient (Wildman–Crippen LogP) is 2.57. The van der Waals surface area contributed by atoms with Crippen molar-refractivity contribution in [3.8, 4) is 34.3 Å². The average Bonchev–Trinajstić information content (AvgIpc) is 3.62.